The minimum atomic E-state index is -0.498. The normalized spacial score (nSPS) is 24.4. The molecule has 0 N–H and O–H groups in total. The van der Waals surface area contributed by atoms with E-state index in [9.17, 15) is 9.59 Å². The molecule has 112 valence electrons. The van der Waals surface area contributed by atoms with Crippen molar-refractivity contribution in [1.29, 1.82) is 0 Å². The number of ether oxygens (including phenoxy) is 3. The van der Waals surface area contributed by atoms with Gasteiger partial charge in [-0.05, 0) is 25.7 Å². The quantitative estimate of drug-likeness (QED) is 0.323. The molecule has 1 aliphatic heterocycles. The number of ketones is 1. The van der Waals surface area contributed by atoms with Crippen LogP contribution < -0.4 is 0 Å². The lowest BCUT2D eigenvalue weighted by molar-refractivity contribution is -0.156. The fraction of sp³-hybridized carbons (Fsp3) is 0.733. The van der Waals surface area contributed by atoms with E-state index in [1.54, 1.807) is 0 Å². The Balaban J connectivity index is 1.72. The van der Waals surface area contributed by atoms with Crippen LogP contribution in [0.2, 0.25) is 0 Å². The van der Waals surface area contributed by atoms with Gasteiger partial charge in [0.05, 0.1) is 6.61 Å². The molecule has 1 spiro atoms. The predicted molar refractivity (Wildman–Crippen MR) is 72.0 cm³/mol. The lowest BCUT2D eigenvalue weighted by Gasteiger charge is -2.31. The molecule has 1 aliphatic carbocycles. The lowest BCUT2D eigenvalue weighted by atomic mass is 9.82. The van der Waals surface area contributed by atoms with Crippen molar-refractivity contribution >= 4 is 11.8 Å². The molecule has 1 unspecified atom stereocenters. The summed E-state index contributed by atoms with van der Waals surface area (Å²) in [5.41, 5.74) is -0.288. The molecule has 1 saturated carbocycles. The molecule has 5 heteroatoms. The van der Waals surface area contributed by atoms with Crippen molar-refractivity contribution in [3.05, 3.63) is 12.3 Å². The van der Waals surface area contributed by atoms with Crippen LogP contribution in [0.1, 0.15) is 45.4 Å². The van der Waals surface area contributed by atoms with Crippen molar-refractivity contribution in [3.8, 4) is 0 Å². The highest BCUT2D eigenvalue weighted by Crippen LogP contribution is 2.40. The summed E-state index contributed by atoms with van der Waals surface area (Å²) < 4.78 is 16.2. The number of hydrogen-bond donors (Lipinski definition) is 0. The second-order valence-corrected chi connectivity index (χ2v) is 5.56. The molecular weight excluding hydrogens is 260 g/mol. The Morgan fingerprint density at radius 1 is 1.35 bits per heavy atom. The Bertz CT molecular complexity index is 395. The topological polar surface area (TPSA) is 61.8 Å². The molecule has 2 rings (SSSR count). The fourth-order valence-electron chi connectivity index (χ4n) is 2.83. The summed E-state index contributed by atoms with van der Waals surface area (Å²) in [5.74, 6) is -0.352. The first-order valence-electron chi connectivity index (χ1n) is 7.19. The second kappa shape index (κ2) is 6.39. The molecule has 2 aliphatic rings. The van der Waals surface area contributed by atoms with Gasteiger partial charge < -0.3 is 14.2 Å². The van der Waals surface area contributed by atoms with E-state index in [2.05, 4.69) is 6.58 Å². The minimum Gasteiger partial charge on any atom is -0.488 e. The van der Waals surface area contributed by atoms with Crippen LogP contribution in [0.15, 0.2) is 12.3 Å². The standard InChI is InChI=1S/C15H22O5/c1-11(16)12(2)18-8-9-19-13-10-15(20-14(13)17)6-4-3-5-7-15/h13H,2-10H2,1H3. The fourth-order valence-corrected chi connectivity index (χ4v) is 2.83. The smallest absolute Gasteiger partial charge is 0.335 e. The van der Waals surface area contributed by atoms with Gasteiger partial charge in [0.25, 0.3) is 0 Å². The number of Topliss-reactive ketones (excluding diaryl/α,β-unsaturated/α-hetero) is 1. The highest BCUT2D eigenvalue weighted by Gasteiger charge is 2.47. The van der Waals surface area contributed by atoms with Crippen LogP contribution in [0, 0.1) is 0 Å². The first-order chi connectivity index (χ1) is 9.52. The van der Waals surface area contributed by atoms with E-state index in [4.69, 9.17) is 14.2 Å². The van der Waals surface area contributed by atoms with E-state index in [0.29, 0.717) is 6.42 Å². The number of carbonyl (C=O) groups excluding carboxylic acids is 2. The maximum atomic E-state index is 11.8. The van der Waals surface area contributed by atoms with Gasteiger partial charge in [-0.25, -0.2) is 4.79 Å². The number of carbonyl (C=O) groups is 2. The monoisotopic (exact) mass is 282 g/mol. The molecule has 2 fully saturated rings. The van der Waals surface area contributed by atoms with E-state index < -0.39 is 6.10 Å². The first kappa shape index (κ1) is 15.0. The summed E-state index contributed by atoms with van der Waals surface area (Å²) in [6, 6.07) is 0. The largest absolute Gasteiger partial charge is 0.488 e. The van der Waals surface area contributed by atoms with Crippen LogP contribution >= 0.6 is 0 Å². The highest BCUT2D eigenvalue weighted by molar-refractivity contribution is 5.90. The highest BCUT2D eigenvalue weighted by atomic mass is 16.6. The van der Waals surface area contributed by atoms with E-state index in [1.807, 2.05) is 0 Å². The zero-order chi connectivity index (χ0) is 14.6. The van der Waals surface area contributed by atoms with Crippen LogP contribution in [0.5, 0.6) is 0 Å². The first-order valence-corrected chi connectivity index (χ1v) is 7.19. The summed E-state index contributed by atoms with van der Waals surface area (Å²) >= 11 is 0. The Hall–Kier alpha value is -1.36. The van der Waals surface area contributed by atoms with E-state index >= 15 is 0 Å². The Kier molecular flexibility index (Phi) is 4.81. The molecule has 20 heavy (non-hydrogen) atoms. The number of allylic oxidation sites excluding steroid dienone is 1. The van der Waals surface area contributed by atoms with Crippen molar-refractivity contribution < 1.29 is 23.8 Å². The maximum absolute atomic E-state index is 11.8. The van der Waals surface area contributed by atoms with Gasteiger partial charge in [-0.2, -0.15) is 0 Å². The Morgan fingerprint density at radius 2 is 2.05 bits per heavy atom. The molecule has 1 atom stereocenters. The summed E-state index contributed by atoms with van der Waals surface area (Å²) in [5, 5.41) is 0. The van der Waals surface area contributed by atoms with Gasteiger partial charge in [-0.15, -0.1) is 0 Å². The molecule has 0 bridgehead atoms. The summed E-state index contributed by atoms with van der Waals surface area (Å²) in [6.45, 7) is 5.35. The van der Waals surface area contributed by atoms with Crippen molar-refractivity contribution in [2.75, 3.05) is 13.2 Å². The zero-order valence-corrected chi connectivity index (χ0v) is 12.0. The van der Waals surface area contributed by atoms with Crippen LogP contribution in [0.25, 0.3) is 0 Å². The van der Waals surface area contributed by atoms with E-state index in [0.717, 1.165) is 25.7 Å². The number of rotatable bonds is 6. The molecule has 5 nitrogen and oxygen atoms in total. The molecule has 0 radical (unpaired) electrons. The minimum absolute atomic E-state index is 0.117. The SMILES string of the molecule is C=C(OCCOC1CC2(CCCCC2)OC1=O)C(C)=O. The lowest BCUT2D eigenvalue weighted by Crippen LogP contribution is -2.31. The van der Waals surface area contributed by atoms with Crippen LogP contribution in [0.4, 0.5) is 0 Å². The average Bonchev–Trinajstić information content (AvgIpc) is 2.71. The summed E-state index contributed by atoms with van der Waals surface area (Å²) in [4.78, 5) is 22.7. The van der Waals surface area contributed by atoms with Gasteiger partial charge >= 0.3 is 5.97 Å². The molecule has 0 aromatic carbocycles. The second-order valence-electron chi connectivity index (χ2n) is 5.56. The zero-order valence-electron chi connectivity index (χ0n) is 12.0. The van der Waals surface area contributed by atoms with E-state index in [-0.39, 0.29) is 36.3 Å². The third kappa shape index (κ3) is 3.60. The molecule has 1 heterocycles. The Morgan fingerprint density at radius 3 is 2.70 bits per heavy atom. The van der Waals surface area contributed by atoms with Crippen molar-refractivity contribution in [2.45, 2.75) is 57.2 Å². The van der Waals surface area contributed by atoms with Gasteiger partial charge in [-0.3, -0.25) is 4.79 Å². The Labute approximate surface area is 119 Å². The molecule has 0 amide bonds. The van der Waals surface area contributed by atoms with Gasteiger partial charge in [0.2, 0.25) is 0 Å². The molecule has 1 saturated heterocycles. The predicted octanol–water partition coefficient (Wildman–Crippen LogP) is 2.14. The molecule has 0 aromatic rings. The van der Waals surface area contributed by atoms with Crippen LogP contribution in [0.3, 0.4) is 0 Å². The van der Waals surface area contributed by atoms with Gasteiger partial charge in [0, 0.05) is 13.3 Å². The third-order valence-corrected chi connectivity index (χ3v) is 3.97. The number of hydrogen-bond acceptors (Lipinski definition) is 5. The molecular formula is C15H22O5. The maximum Gasteiger partial charge on any atom is 0.335 e. The van der Waals surface area contributed by atoms with E-state index in [1.165, 1.54) is 13.3 Å². The van der Waals surface area contributed by atoms with Crippen LogP contribution in [-0.2, 0) is 23.8 Å². The number of esters is 1. The van der Waals surface area contributed by atoms with Crippen molar-refractivity contribution in [3.63, 3.8) is 0 Å². The van der Waals surface area contributed by atoms with Crippen molar-refractivity contribution in [1.82, 2.24) is 0 Å². The third-order valence-electron chi connectivity index (χ3n) is 3.97. The average molecular weight is 282 g/mol. The molecule has 0 aromatic heterocycles. The van der Waals surface area contributed by atoms with Crippen LogP contribution in [-0.4, -0.2) is 36.7 Å². The summed E-state index contributed by atoms with van der Waals surface area (Å²) in [6.07, 6.45) is 5.46. The summed E-state index contributed by atoms with van der Waals surface area (Å²) in [7, 11) is 0. The van der Waals surface area contributed by atoms with Gasteiger partial charge in [0.1, 0.15) is 12.2 Å². The van der Waals surface area contributed by atoms with Gasteiger partial charge in [0.15, 0.2) is 17.6 Å². The van der Waals surface area contributed by atoms with Gasteiger partial charge in [-0.1, -0.05) is 13.0 Å². The van der Waals surface area contributed by atoms with Crippen molar-refractivity contribution in [2.24, 2.45) is 0 Å².